The highest BCUT2D eigenvalue weighted by Gasteiger charge is 2.08. The van der Waals surface area contributed by atoms with E-state index >= 15 is 0 Å². The van der Waals surface area contributed by atoms with E-state index < -0.39 is 0 Å². The zero-order valence-corrected chi connectivity index (χ0v) is 12.0. The van der Waals surface area contributed by atoms with Gasteiger partial charge in [-0.1, -0.05) is 41.4 Å². The maximum absolute atomic E-state index is 13.5. The first-order chi connectivity index (χ1) is 9.04. The Hall–Kier alpha value is -1.25. The number of benzene rings is 2. The van der Waals surface area contributed by atoms with Crippen molar-refractivity contribution in [1.29, 1.82) is 0 Å². The third-order valence-corrected chi connectivity index (χ3v) is 3.20. The second-order valence-electron chi connectivity index (χ2n) is 4.50. The van der Waals surface area contributed by atoms with Crippen LogP contribution in [0.15, 0.2) is 42.5 Å². The zero-order valence-electron chi connectivity index (χ0n) is 10.5. The summed E-state index contributed by atoms with van der Waals surface area (Å²) in [5.41, 5.74) is 1.52. The van der Waals surface area contributed by atoms with Crippen LogP contribution in [0, 0.1) is 5.82 Å². The second-order valence-corrected chi connectivity index (χ2v) is 5.37. The first-order valence-electron chi connectivity index (χ1n) is 6.00. The van der Waals surface area contributed by atoms with Crippen molar-refractivity contribution in [3.8, 4) is 0 Å². The summed E-state index contributed by atoms with van der Waals surface area (Å²) in [7, 11) is 0. The molecule has 2 aromatic carbocycles. The fraction of sp³-hybridized carbons (Fsp3) is 0.200. The van der Waals surface area contributed by atoms with Crippen molar-refractivity contribution in [3.05, 3.63) is 63.9 Å². The van der Waals surface area contributed by atoms with Gasteiger partial charge < -0.3 is 5.32 Å². The Bertz CT molecular complexity index is 552. The fourth-order valence-electron chi connectivity index (χ4n) is 1.97. The maximum Gasteiger partial charge on any atom is 0.126 e. The van der Waals surface area contributed by atoms with E-state index in [-0.39, 0.29) is 11.9 Å². The molecule has 1 N–H and O–H groups in total. The van der Waals surface area contributed by atoms with E-state index in [1.165, 1.54) is 6.07 Å². The summed E-state index contributed by atoms with van der Waals surface area (Å²) < 4.78 is 13.5. The molecule has 0 amide bonds. The lowest BCUT2D eigenvalue weighted by atomic mass is 10.1. The van der Waals surface area contributed by atoms with Crippen molar-refractivity contribution < 1.29 is 4.39 Å². The van der Waals surface area contributed by atoms with E-state index in [1.807, 2.05) is 13.0 Å². The number of hydrogen-bond acceptors (Lipinski definition) is 1. The van der Waals surface area contributed by atoms with E-state index in [1.54, 1.807) is 30.3 Å². The summed E-state index contributed by atoms with van der Waals surface area (Å²) in [5, 5.41) is 4.42. The molecule has 0 aromatic heterocycles. The monoisotopic (exact) mass is 297 g/mol. The van der Waals surface area contributed by atoms with Crippen molar-refractivity contribution in [2.24, 2.45) is 0 Å². The lowest BCUT2D eigenvalue weighted by molar-refractivity contribution is 0.601. The van der Waals surface area contributed by atoms with E-state index in [4.69, 9.17) is 23.2 Å². The highest BCUT2D eigenvalue weighted by Crippen LogP contribution is 2.23. The molecule has 0 spiro atoms. The van der Waals surface area contributed by atoms with Gasteiger partial charge in [-0.15, -0.1) is 0 Å². The Labute approximate surface area is 122 Å². The summed E-state index contributed by atoms with van der Waals surface area (Å²) in [6.07, 6.45) is 0.594. The third kappa shape index (κ3) is 4.12. The Morgan fingerprint density at radius 2 is 1.74 bits per heavy atom. The van der Waals surface area contributed by atoms with Crippen LogP contribution in [-0.4, -0.2) is 6.04 Å². The van der Waals surface area contributed by atoms with Crippen LogP contribution in [0.3, 0.4) is 0 Å². The fourth-order valence-corrected chi connectivity index (χ4v) is 2.49. The average Bonchev–Trinajstić information content (AvgIpc) is 2.30. The van der Waals surface area contributed by atoms with Gasteiger partial charge in [-0.2, -0.15) is 0 Å². The molecule has 2 aromatic rings. The molecule has 4 heteroatoms. The van der Waals surface area contributed by atoms with Gasteiger partial charge in [0.15, 0.2) is 0 Å². The summed E-state index contributed by atoms with van der Waals surface area (Å²) >= 11 is 11.9. The van der Waals surface area contributed by atoms with Crippen molar-refractivity contribution >= 4 is 28.9 Å². The molecule has 0 aliphatic heterocycles. The van der Waals surface area contributed by atoms with E-state index in [9.17, 15) is 4.39 Å². The molecule has 0 saturated carbocycles. The minimum atomic E-state index is -0.180. The van der Waals surface area contributed by atoms with Gasteiger partial charge in [-0.05, 0) is 43.2 Å². The summed E-state index contributed by atoms with van der Waals surface area (Å²) in [6, 6.07) is 12.1. The predicted molar refractivity (Wildman–Crippen MR) is 79.7 cm³/mol. The van der Waals surface area contributed by atoms with Gasteiger partial charge in [0.05, 0.1) is 0 Å². The largest absolute Gasteiger partial charge is 0.382 e. The minimum absolute atomic E-state index is 0.0754. The number of hydrogen-bond donors (Lipinski definition) is 1. The Balaban J connectivity index is 2.05. The second kappa shape index (κ2) is 6.27. The van der Waals surface area contributed by atoms with Crippen LogP contribution >= 0.6 is 23.2 Å². The van der Waals surface area contributed by atoms with Crippen LogP contribution in [0.1, 0.15) is 12.5 Å². The van der Waals surface area contributed by atoms with Crippen molar-refractivity contribution in [2.45, 2.75) is 19.4 Å². The smallest absolute Gasteiger partial charge is 0.126 e. The van der Waals surface area contributed by atoms with Gasteiger partial charge in [0.2, 0.25) is 0 Å². The van der Waals surface area contributed by atoms with Crippen molar-refractivity contribution in [3.63, 3.8) is 0 Å². The van der Waals surface area contributed by atoms with Crippen molar-refractivity contribution in [2.75, 3.05) is 5.32 Å². The molecular formula is C15H14Cl2FN. The molecule has 0 aliphatic rings. The highest BCUT2D eigenvalue weighted by molar-refractivity contribution is 6.35. The minimum Gasteiger partial charge on any atom is -0.382 e. The molecule has 1 unspecified atom stereocenters. The number of rotatable bonds is 4. The van der Waals surface area contributed by atoms with E-state index in [0.29, 0.717) is 22.0 Å². The molecule has 1 nitrogen and oxygen atoms in total. The predicted octanol–water partition coefficient (Wildman–Crippen LogP) is 5.18. The summed E-state index contributed by atoms with van der Waals surface area (Å²) in [6.45, 7) is 1.99. The normalized spacial score (nSPS) is 12.2. The van der Waals surface area contributed by atoms with Crippen LogP contribution in [0.2, 0.25) is 10.0 Å². The van der Waals surface area contributed by atoms with Crippen LogP contribution in [0.5, 0.6) is 0 Å². The first-order valence-corrected chi connectivity index (χ1v) is 6.76. The molecule has 1 atom stereocenters. The lowest BCUT2D eigenvalue weighted by Crippen LogP contribution is -2.18. The Morgan fingerprint density at radius 3 is 2.37 bits per heavy atom. The van der Waals surface area contributed by atoms with E-state index in [0.717, 1.165) is 5.69 Å². The molecule has 0 heterocycles. The van der Waals surface area contributed by atoms with Gasteiger partial charge in [-0.3, -0.25) is 0 Å². The summed E-state index contributed by atoms with van der Waals surface area (Å²) in [4.78, 5) is 0. The highest BCUT2D eigenvalue weighted by atomic mass is 35.5. The SMILES string of the molecule is CC(Cc1ccccc1F)Nc1cc(Cl)cc(Cl)c1. The third-order valence-electron chi connectivity index (χ3n) is 2.76. The quantitative estimate of drug-likeness (QED) is 0.820. The molecule has 0 saturated heterocycles. The standard InChI is InChI=1S/C15H14Cl2FN/c1-10(6-11-4-2-3-5-15(11)18)19-14-8-12(16)7-13(17)9-14/h2-5,7-10,19H,6H2,1H3. The molecule has 0 radical (unpaired) electrons. The number of anilines is 1. The molecule has 19 heavy (non-hydrogen) atoms. The number of halogens is 3. The molecule has 2 rings (SSSR count). The zero-order chi connectivity index (χ0) is 13.8. The Kier molecular flexibility index (Phi) is 4.67. The van der Waals surface area contributed by atoms with Crippen LogP contribution in [0.25, 0.3) is 0 Å². The van der Waals surface area contributed by atoms with Crippen LogP contribution in [0.4, 0.5) is 10.1 Å². The average molecular weight is 298 g/mol. The molecule has 0 fully saturated rings. The van der Waals surface area contributed by atoms with E-state index in [2.05, 4.69) is 5.32 Å². The topological polar surface area (TPSA) is 12.0 Å². The summed E-state index contributed by atoms with van der Waals surface area (Å²) in [5.74, 6) is -0.180. The Morgan fingerprint density at radius 1 is 1.11 bits per heavy atom. The molecular weight excluding hydrogens is 284 g/mol. The molecule has 0 aliphatic carbocycles. The van der Waals surface area contributed by atoms with Gasteiger partial charge in [0.1, 0.15) is 5.82 Å². The van der Waals surface area contributed by atoms with Gasteiger partial charge in [0.25, 0.3) is 0 Å². The van der Waals surface area contributed by atoms with Gasteiger partial charge >= 0.3 is 0 Å². The molecule has 0 bridgehead atoms. The molecule has 100 valence electrons. The maximum atomic E-state index is 13.5. The van der Waals surface area contributed by atoms with Gasteiger partial charge in [-0.25, -0.2) is 4.39 Å². The first kappa shape index (κ1) is 14.2. The van der Waals surface area contributed by atoms with Crippen LogP contribution < -0.4 is 5.32 Å². The van der Waals surface area contributed by atoms with Gasteiger partial charge in [0, 0.05) is 21.8 Å². The van der Waals surface area contributed by atoms with Crippen molar-refractivity contribution in [1.82, 2.24) is 0 Å². The number of nitrogens with one attached hydrogen (secondary N) is 1. The lowest BCUT2D eigenvalue weighted by Gasteiger charge is -2.16. The van der Waals surface area contributed by atoms with Crippen LogP contribution in [-0.2, 0) is 6.42 Å².